The molecule has 2 saturated heterocycles. The second-order valence-electron chi connectivity index (χ2n) is 7.43. The topological polar surface area (TPSA) is 39.5 Å². The largest absolute Gasteiger partial charge is 0.492 e. The number of nitrogens with zero attached hydrogens (tertiary/aromatic N) is 3. The van der Waals surface area contributed by atoms with Gasteiger partial charge in [0.1, 0.15) is 18.2 Å². The Kier molecular flexibility index (Phi) is 5.38. The molecule has 5 heteroatoms. The highest BCUT2D eigenvalue weighted by molar-refractivity contribution is 5.34. The van der Waals surface area contributed by atoms with Crippen molar-refractivity contribution in [2.24, 2.45) is 0 Å². The summed E-state index contributed by atoms with van der Waals surface area (Å²) in [5, 5.41) is 8.85. The van der Waals surface area contributed by atoms with Gasteiger partial charge in [-0.15, -0.1) is 0 Å². The van der Waals surface area contributed by atoms with Crippen molar-refractivity contribution in [3.63, 3.8) is 0 Å². The summed E-state index contributed by atoms with van der Waals surface area (Å²) in [6, 6.07) is 17.4. The average Bonchev–Trinajstić information content (AvgIpc) is 2.93. The molecule has 2 bridgehead atoms. The molecule has 0 spiro atoms. The molecule has 0 radical (unpaired) electrons. The van der Waals surface area contributed by atoms with Crippen molar-refractivity contribution in [2.75, 3.05) is 26.2 Å². The molecule has 0 aromatic heterocycles. The number of nitriles is 1. The highest BCUT2D eigenvalue weighted by atomic mass is 19.1. The first-order valence-electron chi connectivity index (χ1n) is 9.57. The molecule has 0 N–H and O–H groups in total. The number of rotatable bonds is 6. The maximum Gasteiger partial charge on any atom is 0.123 e. The third-order valence-electron chi connectivity index (χ3n) is 5.63. The van der Waals surface area contributed by atoms with Crippen molar-refractivity contribution in [3.8, 4) is 11.8 Å². The van der Waals surface area contributed by atoms with E-state index in [0.717, 1.165) is 31.9 Å². The molecular formula is C22H24FN3O. The zero-order valence-electron chi connectivity index (χ0n) is 15.4. The summed E-state index contributed by atoms with van der Waals surface area (Å²) in [5.74, 6) is 0.641. The smallest absolute Gasteiger partial charge is 0.123 e. The molecule has 27 heavy (non-hydrogen) atoms. The quantitative estimate of drug-likeness (QED) is 0.786. The molecule has 2 aliphatic heterocycles. The minimum Gasteiger partial charge on any atom is -0.492 e. The second kappa shape index (κ2) is 8.08. The summed E-state index contributed by atoms with van der Waals surface area (Å²) in [7, 11) is 0. The first-order chi connectivity index (χ1) is 13.2. The Morgan fingerprint density at radius 2 is 1.67 bits per heavy atom. The van der Waals surface area contributed by atoms with E-state index in [1.54, 1.807) is 24.3 Å². The Morgan fingerprint density at radius 3 is 2.30 bits per heavy atom. The van der Waals surface area contributed by atoms with Crippen LogP contribution < -0.4 is 4.74 Å². The second-order valence-corrected chi connectivity index (χ2v) is 7.43. The van der Waals surface area contributed by atoms with E-state index in [4.69, 9.17) is 10.00 Å². The van der Waals surface area contributed by atoms with Crippen LogP contribution in [0.3, 0.4) is 0 Å². The summed E-state index contributed by atoms with van der Waals surface area (Å²) >= 11 is 0. The molecule has 4 nitrogen and oxygen atoms in total. The van der Waals surface area contributed by atoms with E-state index < -0.39 is 0 Å². The summed E-state index contributed by atoms with van der Waals surface area (Å²) < 4.78 is 18.9. The standard InChI is InChI=1S/C22H24FN3O/c23-19-5-1-18(2-6-19)14-25-15-20-7-8-21(16-25)26(20)11-12-27-22-9-3-17(13-24)4-10-22/h1-6,9-10,20-21H,7-8,11-12,14-16H2. The predicted molar refractivity (Wildman–Crippen MR) is 102 cm³/mol. The molecule has 2 aromatic rings. The lowest BCUT2D eigenvalue weighted by atomic mass is 10.1. The van der Waals surface area contributed by atoms with Gasteiger partial charge in [0, 0.05) is 38.3 Å². The van der Waals surface area contributed by atoms with Crippen LogP contribution in [-0.2, 0) is 6.54 Å². The number of fused-ring (bicyclic) bond motifs is 2. The van der Waals surface area contributed by atoms with E-state index in [-0.39, 0.29) is 5.82 Å². The van der Waals surface area contributed by atoms with Gasteiger partial charge < -0.3 is 4.74 Å². The van der Waals surface area contributed by atoms with Gasteiger partial charge in [-0.25, -0.2) is 4.39 Å². The van der Waals surface area contributed by atoms with Crippen LogP contribution in [0.1, 0.15) is 24.0 Å². The predicted octanol–water partition coefficient (Wildman–Crippen LogP) is 3.42. The van der Waals surface area contributed by atoms with Crippen LogP contribution in [0, 0.1) is 17.1 Å². The summed E-state index contributed by atoms with van der Waals surface area (Å²) in [4.78, 5) is 5.08. The Hall–Kier alpha value is -2.42. The van der Waals surface area contributed by atoms with Gasteiger partial charge in [0.2, 0.25) is 0 Å². The fourth-order valence-corrected chi connectivity index (χ4v) is 4.31. The summed E-state index contributed by atoms with van der Waals surface area (Å²) in [6.45, 7) is 4.61. The number of halogens is 1. The van der Waals surface area contributed by atoms with Crippen LogP contribution in [-0.4, -0.2) is 48.1 Å². The third kappa shape index (κ3) is 4.29. The maximum absolute atomic E-state index is 13.1. The Morgan fingerprint density at radius 1 is 1.00 bits per heavy atom. The monoisotopic (exact) mass is 365 g/mol. The summed E-state index contributed by atoms with van der Waals surface area (Å²) in [5.41, 5.74) is 1.83. The number of piperazine rings is 1. The van der Waals surface area contributed by atoms with Gasteiger partial charge in [-0.1, -0.05) is 12.1 Å². The van der Waals surface area contributed by atoms with Crippen molar-refractivity contribution in [1.82, 2.24) is 9.80 Å². The molecule has 2 aliphatic rings. The van der Waals surface area contributed by atoms with E-state index in [0.29, 0.717) is 24.3 Å². The van der Waals surface area contributed by atoms with Crippen LogP contribution in [0.25, 0.3) is 0 Å². The fourth-order valence-electron chi connectivity index (χ4n) is 4.31. The molecule has 0 aliphatic carbocycles. The van der Waals surface area contributed by atoms with E-state index >= 15 is 0 Å². The lowest BCUT2D eigenvalue weighted by molar-refractivity contribution is 0.0523. The SMILES string of the molecule is N#Cc1ccc(OCCN2C3CCC2CN(Cc2ccc(F)cc2)C3)cc1. The number of likely N-dealkylation sites (tertiary alicyclic amines) is 1. The molecule has 140 valence electrons. The van der Waals surface area contributed by atoms with E-state index in [2.05, 4.69) is 15.9 Å². The van der Waals surface area contributed by atoms with Gasteiger partial charge in [0.25, 0.3) is 0 Å². The molecule has 4 rings (SSSR count). The molecule has 2 unspecified atom stereocenters. The average molecular weight is 365 g/mol. The highest BCUT2D eigenvalue weighted by Gasteiger charge is 2.39. The molecular weight excluding hydrogens is 341 g/mol. The minimum atomic E-state index is -0.175. The van der Waals surface area contributed by atoms with Gasteiger partial charge in [-0.2, -0.15) is 5.26 Å². The maximum atomic E-state index is 13.1. The van der Waals surface area contributed by atoms with E-state index in [9.17, 15) is 4.39 Å². The number of ether oxygens (including phenoxy) is 1. The van der Waals surface area contributed by atoms with Gasteiger partial charge in [0.05, 0.1) is 11.6 Å². The van der Waals surface area contributed by atoms with Crippen LogP contribution in [0.2, 0.25) is 0 Å². The number of hydrogen-bond acceptors (Lipinski definition) is 4. The molecule has 0 saturated carbocycles. The molecule has 2 atom stereocenters. The van der Waals surface area contributed by atoms with E-state index in [1.165, 1.54) is 18.4 Å². The first kappa shape index (κ1) is 18.0. The van der Waals surface area contributed by atoms with Crippen molar-refractivity contribution >= 4 is 0 Å². The van der Waals surface area contributed by atoms with Gasteiger partial charge in [-0.05, 0) is 54.8 Å². The van der Waals surface area contributed by atoms with Crippen LogP contribution >= 0.6 is 0 Å². The summed E-state index contributed by atoms with van der Waals surface area (Å²) in [6.07, 6.45) is 2.48. The lowest BCUT2D eigenvalue weighted by Gasteiger charge is -2.41. The lowest BCUT2D eigenvalue weighted by Crippen LogP contribution is -2.54. The van der Waals surface area contributed by atoms with Crippen LogP contribution in [0.5, 0.6) is 5.75 Å². The Labute approximate surface area is 159 Å². The number of benzene rings is 2. The first-order valence-corrected chi connectivity index (χ1v) is 9.57. The molecule has 2 heterocycles. The zero-order chi connectivity index (χ0) is 18.6. The highest BCUT2D eigenvalue weighted by Crippen LogP contribution is 2.30. The zero-order valence-corrected chi connectivity index (χ0v) is 15.4. The normalized spacial score (nSPS) is 22.5. The van der Waals surface area contributed by atoms with Crippen molar-refractivity contribution in [1.29, 1.82) is 5.26 Å². The van der Waals surface area contributed by atoms with Crippen LogP contribution in [0.4, 0.5) is 4.39 Å². The molecule has 0 amide bonds. The Bertz CT molecular complexity index is 786. The molecule has 2 aromatic carbocycles. The fraction of sp³-hybridized carbons (Fsp3) is 0.409. The van der Waals surface area contributed by atoms with Crippen molar-refractivity contribution < 1.29 is 9.13 Å². The molecule has 2 fully saturated rings. The van der Waals surface area contributed by atoms with E-state index in [1.807, 2.05) is 24.3 Å². The van der Waals surface area contributed by atoms with Gasteiger partial charge in [0.15, 0.2) is 0 Å². The van der Waals surface area contributed by atoms with Gasteiger partial charge in [-0.3, -0.25) is 9.80 Å². The van der Waals surface area contributed by atoms with Crippen molar-refractivity contribution in [3.05, 3.63) is 65.5 Å². The van der Waals surface area contributed by atoms with Crippen molar-refractivity contribution in [2.45, 2.75) is 31.5 Å². The van der Waals surface area contributed by atoms with Gasteiger partial charge >= 0.3 is 0 Å². The number of hydrogen-bond donors (Lipinski definition) is 0. The third-order valence-corrected chi connectivity index (χ3v) is 5.63. The van der Waals surface area contributed by atoms with Crippen LogP contribution in [0.15, 0.2) is 48.5 Å². The minimum absolute atomic E-state index is 0.175. The Balaban J connectivity index is 1.27.